The third-order valence-electron chi connectivity index (χ3n) is 2.07. The molecule has 4 nitrogen and oxygen atoms in total. The van der Waals surface area contributed by atoms with E-state index in [1.165, 1.54) is 0 Å². The lowest BCUT2D eigenvalue weighted by molar-refractivity contribution is -0.116. The molecule has 0 bridgehead atoms. The number of nitrogens with one attached hydrogen (secondary N) is 1. The first-order valence-corrected chi connectivity index (χ1v) is 7.54. The number of rotatable bonds is 5. The largest absolute Gasteiger partial charge is 0.325 e. The zero-order valence-corrected chi connectivity index (χ0v) is 11.0. The van der Waals surface area contributed by atoms with Gasteiger partial charge in [0, 0.05) is 12.7 Å². The van der Waals surface area contributed by atoms with E-state index in [1.54, 1.807) is 24.3 Å². The number of hydrogen-bond acceptors (Lipinski definition) is 3. The van der Waals surface area contributed by atoms with Gasteiger partial charge in [-0.3, -0.25) is 4.79 Å². The molecule has 94 valence electrons. The Morgan fingerprint density at radius 3 is 2.59 bits per heavy atom. The third-order valence-corrected chi connectivity index (χ3v) is 3.43. The number of hydrogen-bond donors (Lipinski definition) is 1. The van der Waals surface area contributed by atoms with Gasteiger partial charge in [-0.15, -0.1) is 0 Å². The zero-order chi connectivity index (χ0) is 12.9. The Bertz CT molecular complexity index is 499. The number of benzene rings is 1. The second-order valence-corrected chi connectivity index (χ2v) is 6.43. The van der Waals surface area contributed by atoms with Crippen molar-refractivity contribution in [1.82, 2.24) is 0 Å². The highest BCUT2D eigenvalue weighted by atomic mass is 35.5. The maximum atomic E-state index is 11.5. The highest BCUT2D eigenvalue weighted by molar-refractivity contribution is 7.90. The van der Waals surface area contributed by atoms with Crippen LogP contribution in [0.3, 0.4) is 0 Å². The van der Waals surface area contributed by atoms with Crippen LogP contribution in [0.2, 0.25) is 5.02 Å². The van der Waals surface area contributed by atoms with E-state index in [1.807, 2.05) is 0 Å². The van der Waals surface area contributed by atoms with E-state index in [-0.39, 0.29) is 18.1 Å². The molecule has 0 unspecified atom stereocenters. The highest BCUT2D eigenvalue weighted by Crippen LogP contribution is 2.20. The van der Waals surface area contributed by atoms with Gasteiger partial charge in [-0.1, -0.05) is 23.7 Å². The lowest BCUT2D eigenvalue weighted by Gasteiger charge is -2.06. The SMILES string of the molecule is CS(=O)(=O)CCCC(=O)Nc1ccccc1Cl. The third kappa shape index (κ3) is 5.70. The van der Waals surface area contributed by atoms with E-state index in [9.17, 15) is 13.2 Å². The molecule has 0 aliphatic heterocycles. The molecule has 0 heterocycles. The zero-order valence-electron chi connectivity index (χ0n) is 9.44. The number of para-hydroxylation sites is 1. The van der Waals surface area contributed by atoms with E-state index in [2.05, 4.69) is 5.32 Å². The Morgan fingerprint density at radius 1 is 1.35 bits per heavy atom. The minimum Gasteiger partial charge on any atom is -0.325 e. The monoisotopic (exact) mass is 275 g/mol. The molecule has 0 fully saturated rings. The molecule has 17 heavy (non-hydrogen) atoms. The number of carbonyl (C=O) groups excluding carboxylic acids is 1. The van der Waals surface area contributed by atoms with Gasteiger partial charge in [-0.2, -0.15) is 0 Å². The summed E-state index contributed by atoms with van der Waals surface area (Å²) in [6.45, 7) is 0. The van der Waals surface area contributed by atoms with E-state index < -0.39 is 9.84 Å². The van der Waals surface area contributed by atoms with Crippen LogP contribution in [-0.2, 0) is 14.6 Å². The summed E-state index contributed by atoms with van der Waals surface area (Å²) in [4.78, 5) is 11.5. The second kappa shape index (κ2) is 6.02. The van der Waals surface area contributed by atoms with Crippen LogP contribution in [-0.4, -0.2) is 26.3 Å². The normalized spacial score (nSPS) is 11.2. The van der Waals surface area contributed by atoms with Crippen LogP contribution in [0.25, 0.3) is 0 Å². The number of anilines is 1. The average molecular weight is 276 g/mol. The maximum Gasteiger partial charge on any atom is 0.224 e. The Morgan fingerprint density at radius 2 is 2.00 bits per heavy atom. The fraction of sp³-hybridized carbons (Fsp3) is 0.364. The molecule has 0 atom stereocenters. The summed E-state index contributed by atoms with van der Waals surface area (Å²) in [6.07, 6.45) is 1.63. The maximum absolute atomic E-state index is 11.5. The number of amides is 1. The minimum absolute atomic E-state index is 0.0168. The van der Waals surface area contributed by atoms with Crippen LogP contribution in [0.4, 0.5) is 5.69 Å². The van der Waals surface area contributed by atoms with E-state index >= 15 is 0 Å². The van der Waals surface area contributed by atoms with Gasteiger partial charge in [-0.05, 0) is 18.6 Å². The molecule has 0 spiro atoms. The van der Waals surface area contributed by atoms with Gasteiger partial charge in [0.2, 0.25) is 5.91 Å². The van der Waals surface area contributed by atoms with E-state index in [0.29, 0.717) is 17.1 Å². The molecule has 1 aromatic rings. The van der Waals surface area contributed by atoms with Crippen molar-refractivity contribution in [3.8, 4) is 0 Å². The van der Waals surface area contributed by atoms with Crippen molar-refractivity contribution >= 4 is 33.0 Å². The lowest BCUT2D eigenvalue weighted by Crippen LogP contribution is -2.13. The molecular weight excluding hydrogens is 262 g/mol. The van der Waals surface area contributed by atoms with Crippen molar-refractivity contribution in [2.24, 2.45) is 0 Å². The summed E-state index contributed by atoms with van der Waals surface area (Å²) in [6, 6.07) is 6.89. The molecule has 1 N–H and O–H groups in total. The fourth-order valence-corrected chi connectivity index (χ4v) is 2.12. The first-order valence-electron chi connectivity index (χ1n) is 5.10. The summed E-state index contributed by atoms with van der Waals surface area (Å²) in [5.41, 5.74) is 0.540. The van der Waals surface area contributed by atoms with Crippen LogP contribution in [0.5, 0.6) is 0 Å². The summed E-state index contributed by atoms with van der Waals surface area (Å²) >= 11 is 5.86. The molecule has 0 saturated heterocycles. The summed E-state index contributed by atoms with van der Waals surface area (Å²) in [5, 5.41) is 3.09. The van der Waals surface area contributed by atoms with Crippen LogP contribution in [0, 0.1) is 0 Å². The number of halogens is 1. The molecule has 0 aliphatic rings. The molecule has 1 aromatic carbocycles. The van der Waals surface area contributed by atoms with Crippen LogP contribution in [0.1, 0.15) is 12.8 Å². The van der Waals surface area contributed by atoms with Gasteiger partial charge >= 0.3 is 0 Å². The summed E-state index contributed by atoms with van der Waals surface area (Å²) in [7, 11) is -3.01. The van der Waals surface area contributed by atoms with Gasteiger partial charge < -0.3 is 5.32 Å². The fourth-order valence-electron chi connectivity index (χ4n) is 1.27. The Hall–Kier alpha value is -1.07. The summed E-state index contributed by atoms with van der Waals surface area (Å²) < 4.78 is 21.7. The quantitative estimate of drug-likeness (QED) is 0.895. The number of sulfone groups is 1. The first-order chi connectivity index (χ1) is 7.88. The predicted molar refractivity (Wildman–Crippen MR) is 69.0 cm³/mol. The highest BCUT2D eigenvalue weighted by Gasteiger charge is 2.07. The number of carbonyl (C=O) groups is 1. The van der Waals surface area contributed by atoms with Gasteiger partial charge in [0.05, 0.1) is 16.5 Å². The van der Waals surface area contributed by atoms with E-state index in [0.717, 1.165) is 6.26 Å². The standard InChI is InChI=1S/C11H14ClNO3S/c1-17(15,16)8-4-7-11(14)13-10-6-3-2-5-9(10)12/h2-3,5-6H,4,7-8H2,1H3,(H,13,14). The Balaban J connectivity index is 2.43. The first kappa shape index (κ1) is 14.0. The molecule has 0 aromatic heterocycles. The summed E-state index contributed by atoms with van der Waals surface area (Å²) in [5.74, 6) is -0.218. The Labute approximate surface area is 106 Å². The second-order valence-electron chi connectivity index (χ2n) is 3.76. The average Bonchev–Trinajstić information content (AvgIpc) is 2.19. The van der Waals surface area contributed by atoms with Crippen LogP contribution >= 0.6 is 11.6 Å². The lowest BCUT2D eigenvalue weighted by atomic mass is 10.3. The van der Waals surface area contributed by atoms with Crippen molar-refractivity contribution in [3.63, 3.8) is 0 Å². The molecule has 1 rings (SSSR count). The van der Waals surface area contributed by atoms with Crippen molar-refractivity contribution in [2.45, 2.75) is 12.8 Å². The minimum atomic E-state index is -3.01. The van der Waals surface area contributed by atoms with Crippen molar-refractivity contribution < 1.29 is 13.2 Å². The van der Waals surface area contributed by atoms with Gasteiger partial charge in [-0.25, -0.2) is 8.42 Å². The van der Waals surface area contributed by atoms with Gasteiger partial charge in [0.25, 0.3) is 0 Å². The van der Waals surface area contributed by atoms with Crippen LogP contribution in [0.15, 0.2) is 24.3 Å². The van der Waals surface area contributed by atoms with Crippen molar-refractivity contribution in [2.75, 3.05) is 17.3 Å². The molecular formula is C11H14ClNO3S. The molecule has 0 radical (unpaired) electrons. The molecule has 0 aliphatic carbocycles. The Kier molecular flexibility index (Phi) is 4.96. The van der Waals surface area contributed by atoms with Crippen LogP contribution < -0.4 is 5.32 Å². The smallest absolute Gasteiger partial charge is 0.224 e. The van der Waals surface area contributed by atoms with Crippen molar-refractivity contribution in [1.29, 1.82) is 0 Å². The molecule has 6 heteroatoms. The topological polar surface area (TPSA) is 63.2 Å². The molecule has 0 saturated carbocycles. The predicted octanol–water partition coefficient (Wildman–Crippen LogP) is 2.10. The van der Waals surface area contributed by atoms with Gasteiger partial charge in [0.1, 0.15) is 9.84 Å². The molecule has 1 amide bonds. The van der Waals surface area contributed by atoms with Gasteiger partial charge in [0.15, 0.2) is 0 Å². The van der Waals surface area contributed by atoms with Crippen molar-refractivity contribution in [3.05, 3.63) is 29.3 Å². The van der Waals surface area contributed by atoms with E-state index in [4.69, 9.17) is 11.6 Å².